The molecule has 0 bridgehead atoms. The van der Waals surface area contributed by atoms with Crippen LogP contribution in [0.3, 0.4) is 0 Å². The topological polar surface area (TPSA) is 54.9 Å². The molecule has 1 aromatic heterocycles. The molecule has 1 aliphatic rings. The number of nitrogens with zero attached hydrogens (tertiary/aromatic N) is 2. The first-order valence-corrected chi connectivity index (χ1v) is 14.2. The van der Waals surface area contributed by atoms with Gasteiger partial charge < -0.3 is 5.32 Å². The van der Waals surface area contributed by atoms with Crippen molar-refractivity contribution in [1.82, 2.24) is 15.3 Å². The molecule has 0 spiro atoms. The van der Waals surface area contributed by atoms with Crippen LogP contribution in [-0.4, -0.2) is 45.4 Å². The number of allylic oxidation sites excluding steroid dienone is 3. The fourth-order valence-electron chi connectivity index (χ4n) is 3.81. The van der Waals surface area contributed by atoms with Crippen molar-refractivity contribution in [2.24, 2.45) is 0 Å². The molecule has 1 aliphatic carbocycles. The summed E-state index contributed by atoms with van der Waals surface area (Å²) in [6, 6.07) is 4.03. The van der Waals surface area contributed by atoms with Crippen molar-refractivity contribution in [3.8, 4) is 0 Å². The highest BCUT2D eigenvalue weighted by Crippen LogP contribution is 2.53. The minimum Gasteiger partial charge on any atom is -0.348 e. The van der Waals surface area contributed by atoms with E-state index in [4.69, 9.17) is 0 Å². The minimum absolute atomic E-state index is 0.141. The summed E-state index contributed by atoms with van der Waals surface area (Å²) in [5, 5.41) is 3.42. The molecule has 3 rings (SSSR count). The summed E-state index contributed by atoms with van der Waals surface area (Å²) >= 11 is 0. The zero-order valence-corrected chi connectivity index (χ0v) is 23.9. The first-order valence-electron chi connectivity index (χ1n) is 12.8. The Morgan fingerprint density at radius 2 is 1.48 bits per heavy atom. The SMILES string of the molecule is C=C(F)/C=C\C(=C)S(=C)C1CCC(NC(=O)c2cnccn2)CC1.CC.FC(F)(F)C(F)(c1ccccc1)C(F)(F)F. The molecule has 0 radical (unpaired) electrons. The Hall–Kier alpha value is -3.35. The van der Waals surface area contributed by atoms with Gasteiger partial charge in [-0.1, -0.05) is 63.2 Å². The molecule has 0 aliphatic heterocycles. The van der Waals surface area contributed by atoms with Crippen LogP contribution in [0.2, 0.25) is 0 Å². The second-order valence-electron chi connectivity index (χ2n) is 8.73. The van der Waals surface area contributed by atoms with Crippen LogP contribution in [0.1, 0.15) is 55.6 Å². The van der Waals surface area contributed by atoms with E-state index in [-0.39, 0.29) is 22.4 Å². The maximum atomic E-state index is 13.3. The van der Waals surface area contributed by atoms with Gasteiger partial charge in [0.2, 0.25) is 0 Å². The summed E-state index contributed by atoms with van der Waals surface area (Å²) < 4.78 is 99.1. The molecule has 13 heteroatoms. The molecule has 1 aromatic carbocycles. The Balaban J connectivity index is 0.000000426. The predicted octanol–water partition coefficient (Wildman–Crippen LogP) is 8.77. The van der Waals surface area contributed by atoms with Crippen LogP contribution in [0, 0.1) is 0 Å². The van der Waals surface area contributed by atoms with Crippen LogP contribution >= 0.6 is 10.5 Å². The Kier molecular flexibility index (Phi) is 14.3. The summed E-state index contributed by atoms with van der Waals surface area (Å²) in [6.45, 7) is 11.2. The van der Waals surface area contributed by atoms with Gasteiger partial charge in [0, 0.05) is 29.2 Å². The van der Waals surface area contributed by atoms with E-state index in [0.717, 1.165) is 42.7 Å². The van der Waals surface area contributed by atoms with Crippen LogP contribution in [0.15, 0.2) is 85.0 Å². The lowest BCUT2D eigenvalue weighted by molar-refractivity contribution is -0.348. The zero-order valence-electron chi connectivity index (χ0n) is 23.1. The molecule has 1 saturated carbocycles. The smallest absolute Gasteiger partial charge is 0.348 e. The van der Waals surface area contributed by atoms with E-state index in [1.165, 1.54) is 30.7 Å². The van der Waals surface area contributed by atoms with E-state index < -0.39 is 29.4 Å². The number of carbonyl (C=O) groups is 1. The van der Waals surface area contributed by atoms with Crippen LogP contribution < -0.4 is 5.32 Å². The highest BCUT2D eigenvalue weighted by Gasteiger charge is 2.73. The fourth-order valence-corrected chi connectivity index (χ4v) is 5.32. The number of rotatable bonds is 7. The normalized spacial score (nSPS) is 18.0. The maximum absolute atomic E-state index is 13.3. The summed E-state index contributed by atoms with van der Waals surface area (Å²) in [5.41, 5.74) is -6.47. The van der Waals surface area contributed by atoms with Crippen molar-refractivity contribution in [2.45, 2.75) is 68.8 Å². The van der Waals surface area contributed by atoms with Gasteiger partial charge in [-0.25, -0.2) is 13.8 Å². The minimum atomic E-state index is -6.05. The summed E-state index contributed by atoms with van der Waals surface area (Å²) in [4.78, 5) is 20.8. The summed E-state index contributed by atoms with van der Waals surface area (Å²) in [5.74, 6) is 3.52. The molecular formula is C29H33F8N3OS. The van der Waals surface area contributed by atoms with E-state index in [2.05, 4.69) is 34.3 Å². The standard InChI is InChI=1S/C18H22FN3OS.C9H5F7.C2H6/c1-13(19)4-5-14(2)24(3)16-8-6-15(7-9-16)22-18(23)17-12-20-10-11-21-17;10-7(8(11,12)13,9(14,15)16)6-4-2-1-3-5-6;1-2/h4-5,10-12,15-16H,1-3,6-9H2,(H,22,23);1-5H;1-2H3/b5-4-;;. The van der Waals surface area contributed by atoms with Gasteiger partial charge in [-0.05, 0) is 42.7 Å². The molecular weight excluding hydrogens is 590 g/mol. The monoisotopic (exact) mass is 623 g/mol. The Labute approximate surface area is 242 Å². The first-order chi connectivity index (χ1) is 19.6. The largest absolute Gasteiger partial charge is 0.435 e. The van der Waals surface area contributed by atoms with E-state index in [1.54, 1.807) is 6.08 Å². The Bertz CT molecular complexity index is 1190. The zero-order chi connectivity index (χ0) is 32.1. The second kappa shape index (κ2) is 16.3. The van der Waals surface area contributed by atoms with E-state index in [1.807, 2.05) is 13.8 Å². The van der Waals surface area contributed by atoms with Gasteiger partial charge in [0.25, 0.3) is 5.91 Å². The highest BCUT2D eigenvalue weighted by atomic mass is 32.2. The molecule has 232 valence electrons. The molecule has 1 N–H and O–H groups in total. The van der Waals surface area contributed by atoms with Crippen molar-refractivity contribution in [3.05, 3.63) is 96.2 Å². The molecule has 1 heterocycles. The van der Waals surface area contributed by atoms with Crippen LogP contribution in [-0.2, 0) is 5.67 Å². The molecule has 0 saturated heterocycles. The summed E-state index contributed by atoms with van der Waals surface area (Å²) in [7, 11) is -0.255. The second-order valence-corrected chi connectivity index (χ2v) is 10.8. The number of hydrogen-bond acceptors (Lipinski definition) is 3. The van der Waals surface area contributed by atoms with Gasteiger partial charge in [-0.15, -0.1) is 0 Å². The van der Waals surface area contributed by atoms with Gasteiger partial charge in [0.05, 0.1) is 6.20 Å². The molecule has 1 fully saturated rings. The number of nitrogens with one attached hydrogen (secondary N) is 1. The fraction of sp³-hybridized carbons (Fsp3) is 0.379. The van der Waals surface area contributed by atoms with Gasteiger partial charge in [-0.3, -0.25) is 9.78 Å². The third kappa shape index (κ3) is 10.2. The lowest BCUT2D eigenvalue weighted by Gasteiger charge is -2.31. The maximum Gasteiger partial charge on any atom is 0.435 e. The number of aromatic nitrogens is 2. The number of amides is 1. The number of alkyl halides is 7. The van der Waals surface area contributed by atoms with E-state index in [0.29, 0.717) is 23.1 Å². The lowest BCUT2D eigenvalue weighted by atomic mass is 9.94. The van der Waals surface area contributed by atoms with Crippen molar-refractivity contribution in [2.75, 3.05) is 0 Å². The number of benzene rings is 1. The molecule has 1 atom stereocenters. The lowest BCUT2D eigenvalue weighted by Crippen LogP contribution is -2.50. The molecule has 42 heavy (non-hydrogen) atoms. The quantitative estimate of drug-likeness (QED) is 0.191. The third-order valence-corrected chi connectivity index (χ3v) is 8.03. The Morgan fingerprint density at radius 3 is 1.93 bits per heavy atom. The highest BCUT2D eigenvalue weighted by molar-refractivity contribution is 8.18. The number of hydrogen-bond donors (Lipinski definition) is 1. The van der Waals surface area contributed by atoms with Crippen LogP contribution in [0.5, 0.6) is 0 Å². The Morgan fingerprint density at radius 1 is 0.929 bits per heavy atom. The van der Waals surface area contributed by atoms with Crippen molar-refractivity contribution in [3.63, 3.8) is 0 Å². The van der Waals surface area contributed by atoms with E-state index in [9.17, 15) is 39.9 Å². The first kappa shape index (κ1) is 36.7. The predicted molar refractivity (Wildman–Crippen MR) is 151 cm³/mol. The summed E-state index contributed by atoms with van der Waals surface area (Å²) in [6.07, 6.45) is -0.917. The van der Waals surface area contributed by atoms with Crippen molar-refractivity contribution >= 4 is 22.3 Å². The molecule has 4 nitrogen and oxygen atoms in total. The molecule has 1 unspecified atom stereocenters. The number of halogens is 8. The van der Waals surface area contributed by atoms with Gasteiger partial charge >= 0.3 is 18.0 Å². The van der Waals surface area contributed by atoms with Crippen molar-refractivity contribution < 1.29 is 39.9 Å². The number of carbonyl (C=O) groups excluding carboxylic acids is 1. The van der Waals surface area contributed by atoms with E-state index >= 15 is 0 Å². The average molecular weight is 624 g/mol. The van der Waals surface area contributed by atoms with Crippen LogP contribution in [0.25, 0.3) is 0 Å². The van der Waals surface area contributed by atoms with Gasteiger partial charge in [0.1, 0.15) is 11.5 Å². The third-order valence-electron chi connectivity index (χ3n) is 5.95. The average Bonchev–Trinajstić information content (AvgIpc) is 2.96. The molecule has 2 aromatic rings. The molecule has 1 amide bonds. The van der Waals surface area contributed by atoms with Crippen molar-refractivity contribution in [1.29, 1.82) is 0 Å². The van der Waals surface area contributed by atoms with Gasteiger partial charge in [0.15, 0.2) is 0 Å². The van der Waals surface area contributed by atoms with Gasteiger partial charge in [-0.2, -0.15) is 36.8 Å². The van der Waals surface area contributed by atoms with Crippen LogP contribution in [0.4, 0.5) is 35.1 Å².